The molecule has 2 aromatic rings. The first kappa shape index (κ1) is 20.5. The van der Waals surface area contributed by atoms with Crippen LogP contribution in [0.1, 0.15) is 23.1 Å². The molecule has 0 aromatic heterocycles. The SMILES string of the molecule is COc1cc(/C=N\NC(N)=S)ccc1OCCCOc1ccc(C)c(C)c1. The molecule has 0 fully saturated rings. The second-order valence-electron chi connectivity index (χ2n) is 5.94. The quantitative estimate of drug-likeness (QED) is 0.297. The van der Waals surface area contributed by atoms with Crippen molar-refractivity contribution in [2.75, 3.05) is 20.3 Å². The van der Waals surface area contributed by atoms with Crippen LogP contribution in [0.15, 0.2) is 41.5 Å². The fraction of sp³-hybridized carbons (Fsp3) is 0.300. The molecule has 6 nitrogen and oxygen atoms in total. The minimum atomic E-state index is 0.112. The summed E-state index contributed by atoms with van der Waals surface area (Å²) in [6, 6.07) is 11.6. The fourth-order valence-electron chi connectivity index (χ4n) is 2.29. The van der Waals surface area contributed by atoms with E-state index in [2.05, 4.69) is 30.4 Å². The Morgan fingerprint density at radius 1 is 1.07 bits per heavy atom. The van der Waals surface area contributed by atoms with E-state index in [9.17, 15) is 0 Å². The summed E-state index contributed by atoms with van der Waals surface area (Å²) in [7, 11) is 1.60. The molecule has 0 unspecified atom stereocenters. The van der Waals surface area contributed by atoms with Crippen LogP contribution in [0, 0.1) is 13.8 Å². The summed E-state index contributed by atoms with van der Waals surface area (Å²) in [6.07, 6.45) is 2.36. The summed E-state index contributed by atoms with van der Waals surface area (Å²) in [5.41, 5.74) is 11.1. The third-order valence-corrected chi connectivity index (χ3v) is 3.96. The monoisotopic (exact) mass is 387 g/mol. The van der Waals surface area contributed by atoms with Gasteiger partial charge in [0.05, 0.1) is 26.5 Å². The van der Waals surface area contributed by atoms with E-state index in [-0.39, 0.29) is 5.11 Å². The van der Waals surface area contributed by atoms with Crippen LogP contribution in [-0.4, -0.2) is 31.7 Å². The molecule has 3 N–H and O–H groups in total. The third kappa shape index (κ3) is 6.79. The molecule has 0 saturated heterocycles. The van der Waals surface area contributed by atoms with Crippen molar-refractivity contribution in [3.63, 3.8) is 0 Å². The molecule has 144 valence electrons. The second-order valence-corrected chi connectivity index (χ2v) is 6.38. The Hall–Kier alpha value is -2.80. The Labute approximate surface area is 165 Å². The van der Waals surface area contributed by atoms with Crippen LogP contribution >= 0.6 is 12.2 Å². The Bertz CT molecular complexity index is 809. The maximum Gasteiger partial charge on any atom is 0.184 e. The number of aryl methyl sites for hydroxylation is 2. The lowest BCUT2D eigenvalue weighted by Crippen LogP contribution is -2.23. The molecule has 0 atom stereocenters. The van der Waals surface area contributed by atoms with E-state index in [0.29, 0.717) is 24.7 Å². The maximum absolute atomic E-state index is 5.80. The molecule has 0 bridgehead atoms. The Morgan fingerprint density at radius 2 is 1.85 bits per heavy atom. The lowest BCUT2D eigenvalue weighted by atomic mass is 10.1. The smallest absolute Gasteiger partial charge is 0.184 e. The maximum atomic E-state index is 5.80. The third-order valence-electron chi connectivity index (χ3n) is 3.87. The Balaban J connectivity index is 1.81. The van der Waals surface area contributed by atoms with Gasteiger partial charge in [0, 0.05) is 6.42 Å². The number of nitrogens with zero attached hydrogens (tertiary/aromatic N) is 1. The number of hydrogen-bond donors (Lipinski definition) is 2. The number of methoxy groups -OCH3 is 1. The molecule has 0 radical (unpaired) electrons. The second kappa shape index (κ2) is 10.4. The topological polar surface area (TPSA) is 78.1 Å². The van der Waals surface area contributed by atoms with Crippen molar-refractivity contribution in [2.24, 2.45) is 10.8 Å². The van der Waals surface area contributed by atoms with E-state index in [1.807, 2.05) is 30.3 Å². The van der Waals surface area contributed by atoms with Gasteiger partial charge in [-0.15, -0.1) is 0 Å². The van der Waals surface area contributed by atoms with Crippen molar-refractivity contribution in [1.29, 1.82) is 0 Å². The van der Waals surface area contributed by atoms with Crippen LogP contribution in [0.25, 0.3) is 0 Å². The van der Waals surface area contributed by atoms with Crippen LogP contribution in [0.4, 0.5) is 0 Å². The fourth-order valence-corrected chi connectivity index (χ4v) is 2.34. The summed E-state index contributed by atoms with van der Waals surface area (Å²) in [4.78, 5) is 0. The molecule has 0 saturated carbocycles. The normalized spacial score (nSPS) is 10.6. The molecule has 0 heterocycles. The van der Waals surface area contributed by atoms with Crippen LogP contribution in [0.3, 0.4) is 0 Å². The Kier molecular flexibility index (Phi) is 7.88. The largest absolute Gasteiger partial charge is 0.493 e. The summed E-state index contributed by atoms with van der Waals surface area (Å²) in [5, 5.41) is 4.03. The summed E-state index contributed by atoms with van der Waals surface area (Å²) < 4.78 is 16.9. The summed E-state index contributed by atoms with van der Waals surface area (Å²) in [6.45, 7) is 5.27. The highest BCUT2D eigenvalue weighted by molar-refractivity contribution is 7.80. The molecule has 0 aliphatic carbocycles. The highest BCUT2D eigenvalue weighted by Crippen LogP contribution is 2.27. The van der Waals surface area contributed by atoms with Gasteiger partial charge in [-0.05, 0) is 73.1 Å². The predicted molar refractivity (Wildman–Crippen MR) is 112 cm³/mol. The van der Waals surface area contributed by atoms with Gasteiger partial charge < -0.3 is 19.9 Å². The van der Waals surface area contributed by atoms with E-state index in [1.54, 1.807) is 13.3 Å². The zero-order valence-electron chi connectivity index (χ0n) is 15.8. The zero-order valence-corrected chi connectivity index (χ0v) is 16.6. The van der Waals surface area contributed by atoms with E-state index in [0.717, 1.165) is 17.7 Å². The summed E-state index contributed by atoms with van der Waals surface area (Å²) >= 11 is 4.69. The van der Waals surface area contributed by atoms with Crippen LogP contribution < -0.4 is 25.4 Å². The highest BCUT2D eigenvalue weighted by Gasteiger charge is 2.05. The van der Waals surface area contributed by atoms with Crippen LogP contribution in [0.2, 0.25) is 0 Å². The molecule has 7 heteroatoms. The molecule has 0 amide bonds. The molecule has 27 heavy (non-hydrogen) atoms. The van der Waals surface area contributed by atoms with Crippen LogP contribution in [0.5, 0.6) is 17.2 Å². The minimum Gasteiger partial charge on any atom is -0.493 e. The highest BCUT2D eigenvalue weighted by atomic mass is 32.1. The van der Waals surface area contributed by atoms with Gasteiger partial charge in [0.15, 0.2) is 16.6 Å². The van der Waals surface area contributed by atoms with Crippen molar-refractivity contribution in [1.82, 2.24) is 5.43 Å². The van der Waals surface area contributed by atoms with E-state index in [1.165, 1.54) is 11.1 Å². The van der Waals surface area contributed by atoms with E-state index in [4.69, 9.17) is 32.2 Å². The summed E-state index contributed by atoms with van der Waals surface area (Å²) in [5.74, 6) is 2.18. The molecule has 0 aliphatic rings. The van der Waals surface area contributed by atoms with Gasteiger partial charge in [0.2, 0.25) is 0 Å². The molecular formula is C20H25N3O3S. The lowest BCUT2D eigenvalue weighted by Gasteiger charge is -2.12. The van der Waals surface area contributed by atoms with Crippen molar-refractivity contribution < 1.29 is 14.2 Å². The number of thiocarbonyl (C=S) groups is 1. The number of nitrogens with one attached hydrogen (secondary N) is 1. The average Bonchev–Trinajstić information content (AvgIpc) is 2.64. The van der Waals surface area contributed by atoms with Gasteiger partial charge in [-0.1, -0.05) is 6.07 Å². The average molecular weight is 388 g/mol. The minimum absolute atomic E-state index is 0.112. The van der Waals surface area contributed by atoms with Gasteiger partial charge in [-0.25, -0.2) is 0 Å². The first-order chi connectivity index (χ1) is 13.0. The number of ether oxygens (including phenoxy) is 3. The van der Waals surface area contributed by atoms with Gasteiger partial charge >= 0.3 is 0 Å². The van der Waals surface area contributed by atoms with Crippen molar-refractivity contribution >= 4 is 23.5 Å². The first-order valence-electron chi connectivity index (χ1n) is 8.59. The van der Waals surface area contributed by atoms with Crippen molar-refractivity contribution in [3.05, 3.63) is 53.1 Å². The van der Waals surface area contributed by atoms with Crippen LogP contribution in [-0.2, 0) is 0 Å². The van der Waals surface area contributed by atoms with Gasteiger partial charge in [-0.2, -0.15) is 5.10 Å². The van der Waals surface area contributed by atoms with Crippen molar-refractivity contribution in [2.45, 2.75) is 20.3 Å². The Morgan fingerprint density at radius 3 is 2.56 bits per heavy atom. The van der Waals surface area contributed by atoms with E-state index >= 15 is 0 Å². The molecule has 2 aromatic carbocycles. The standard InChI is InChI=1S/C20H25N3O3S/c1-14-5-7-17(11-15(14)2)25-9-4-10-26-18-8-6-16(12-19(18)24-3)13-22-23-20(21)27/h5-8,11-13H,4,9-10H2,1-3H3,(H3,21,23,27)/b22-13-. The number of nitrogens with two attached hydrogens (primary N) is 1. The first-order valence-corrected chi connectivity index (χ1v) is 9.00. The zero-order chi connectivity index (χ0) is 19.6. The molecule has 0 aliphatic heterocycles. The predicted octanol–water partition coefficient (Wildman–Crippen LogP) is 3.33. The molecular weight excluding hydrogens is 362 g/mol. The van der Waals surface area contributed by atoms with Gasteiger partial charge in [0.1, 0.15) is 5.75 Å². The number of rotatable bonds is 9. The van der Waals surface area contributed by atoms with Gasteiger partial charge in [0.25, 0.3) is 0 Å². The van der Waals surface area contributed by atoms with Crippen molar-refractivity contribution in [3.8, 4) is 17.2 Å². The lowest BCUT2D eigenvalue weighted by molar-refractivity contribution is 0.240. The number of benzene rings is 2. The van der Waals surface area contributed by atoms with Gasteiger partial charge in [-0.3, -0.25) is 5.43 Å². The van der Waals surface area contributed by atoms with E-state index < -0.39 is 0 Å². The molecule has 2 rings (SSSR count). The number of hydrogen-bond acceptors (Lipinski definition) is 5. The number of hydrazone groups is 1. The molecule has 0 spiro atoms.